The van der Waals surface area contributed by atoms with Crippen molar-refractivity contribution < 1.29 is 4.55 Å². The molecule has 2 atom stereocenters. The van der Waals surface area contributed by atoms with Gasteiger partial charge < -0.3 is 4.55 Å². The Hall–Kier alpha value is -0.510. The lowest BCUT2D eigenvalue weighted by atomic mass is 9.83. The van der Waals surface area contributed by atoms with Crippen LogP contribution in [0.3, 0.4) is 0 Å². The first kappa shape index (κ1) is 16.9. The summed E-state index contributed by atoms with van der Waals surface area (Å²) in [6.45, 7) is 6.08. The summed E-state index contributed by atoms with van der Waals surface area (Å²) in [7, 11) is 0. The van der Waals surface area contributed by atoms with Crippen molar-refractivity contribution in [3.05, 3.63) is 35.9 Å². The molecule has 1 N–H and O–H groups in total. The van der Waals surface area contributed by atoms with Crippen molar-refractivity contribution >= 4 is 11.4 Å². The van der Waals surface area contributed by atoms with Crippen LogP contribution in [-0.4, -0.2) is 9.30 Å². The topological polar surface area (TPSA) is 35.1 Å². The Kier molecular flexibility index (Phi) is 6.15. The molecule has 118 valence electrons. The van der Waals surface area contributed by atoms with Gasteiger partial charge in [0.15, 0.2) is 0 Å². The predicted molar refractivity (Wildman–Crippen MR) is 91.4 cm³/mol. The lowest BCUT2D eigenvalue weighted by molar-refractivity contribution is 0.311. The average molecular weight is 308 g/mol. The fourth-order valence-corrected chi connectivity index (χ4v) is 3.84. The highest BCUT2D eigenvalue weighted by Crippen LogP contribution is 2.33. The molecule has 0 heterocycles. The van der Waals surface area contributed by atoms with E-state index in [0.717, 1.165) is 12.3 Å². The Labute approximate surface area is 133 Å². The van der Waals surface area contributed by atoms with Gasteiger partial charge in [0, 0.05) is 11.4 Å². The lowest BCUT2D eigenvalue weighted by Crippen LogP contribution is -2.41. The molecule has 0 aliphatic heterocycles. The molecule has 1 fully saturated rings. The summed E-state index contributed by atoms with van der Waals surface area (Å²) in [5.41, 5.74) is 1.26. The number of rotatable bonds is 5. The fraction of sp³-hybridized carbons (Fsp3) is 0.667. The van der Waals surface area contributed by atoms with Crippen LogP contribution in [0.4, 0.5) is 0 Å². The normalized spacial score (nSPS) is 20.2. The maximum absolute atomic E-state index is 12.5. The minimum atomic E-state index is -1.02. The van der Waals surface area contributed by atoms with Crippen LogP contribution in [0, 0.1) is 5.92 Å². The molecule has 0 radical (unpaired) electrons. The Balaban J connectivity index is 2.06. The number of hydrogen-bond donors (Lipinski definition) is 1. The van der Waals surface area contributed by atoms with E-state index in [0.29, 0.717) is 0 Å². The van der Waals surface area contributed by atoms with Crippen LogP contribution in [0.15, 0.2) is 30.3 Å². The quantitative estimate of drug-likeness (QED) is 0.797. The largest absolute Gasteiger partial charge is 0.598 e. The summed E-state index contributed by atoms with van der Waals surface area (Å²) in [5, 5.41) is 0. The third kappa shape index (κ3) is 5.32. The molecule has 1 aromatic rings. The third-order valence-corrected chi connectivity index (χ3v) is 5.91. The number of hydrogen-bond acceptors (Lipinski definition) is 2. The van der Waals surface area contributed by atoms with Gasteiger partial charge in [-0.1, -0.05) is 62.4 Å². The highest BCUT2D eigenvalue weighted by molar-refractivity contribution is 7.90. The Bertz CT molecular complexity index is 409. The van der Waals surface area contributed by atoms with E-state index in [1.807, 2.05) is 26.8 Å². The van der Waals surface area contributed by atoms with Crippen LogP contribution in [0.1, 0.15) is 70.9 Å². The van der Waals surface area contributed by atoms with Crippen molar-refractivity contribution in [1.29, 1.82) is 0 Å². The van der Waals surface area contributed by atoms with E-state index in [4.69, 9.17) is 0 Å². The molecule has 2 rings (SSSR count). The molecule has 1 aliphatic rings. The van der Waals surface area contributed by atoms with Crippen LogP contribution in [-0.2, 0) is 11.4 Å². The van der Waals surface area contributed by atoms with Crippen LogP contribution in [0.5, 0.6) is 0 Å². The molecule has 0 aromatic heterocycles. The highest BCUT2D eigenvalue weighted by Gasteiger charge is 2.31. The minimum Gasteiger partial charge on any atom is -0.598 e. The average Bonchev–Trinajstić information content (AvgIpc) is 2.47. The van der Waals surface area contributed by atoms with Gasteiger partial charge in [-0.25, -0.2) is 0 Å². The molecular formula is C18H29NOS. The molecule has 0 spiro atoms. The smallest absolute Gasteiger partial charge is 0.136 e. The summed E-state index contributed by atoms with van der Waals surface area (Å²) < 4.78 is 15.7. The van der Waals surface area contributed by atoms with Crippen LogP contribution in [0.2, 0.25) is 0 Å². The fourth-order valence-electron chi connectivity index (χ4n) is 3.00. The van der Waals surface area contributed by atoms with Gasteiger partial charge in [0.05, 0.1) is 6.04 Å². The second-order valence-electron chi connectivity index (χ2n) is 7.20. The molecule has 3 heteroatoms. The molecule has 0 amide bonds. The van der Waals surface area contributed by atoms with E-state index in [1.165, 1.54) is 37.7 Å². The van der Waals surface area contributed by atoms with Crippen molar-refractivity contribution in [2.45, 2.75) is 70.1 Å². The molecule has 0 saturated heterocycles. The number of benzene rings is 1. The molecule has 0 unspecified atom stereocenters. The van der Waals surface area contributed by atoms with Crippen molar-refractivity contribution in [2.75, 3.05) is 0 Å². The predicted octanol–water partition coefficient (Wildman–Crippen LogP) is 4.75. The van der Waals surface area contributed by atoms with Crippen molar-refractivity contribution in [3.63, 3.8) is 0 Å². The first-order valence-electron chi connectivity index (χ1n) is 8.20. The summed E-state index contributed by atoms with van der Waals surface area (Å²) in [5.74, 6) is 0.772. The summed E-state index contributed by atoms with van der Waals surface area (Å²) in [6.07, 6.45) is 7.85. The molecule has 1 aromatic carbocycles. The van der Waals surface area contributed by atoms with Gasteiger partial charge in [-0.2, -0.15) is 0 Å². The van der Waals surface area contributed by atoms with Crippen LogP contribution in [0.25, 0.3) is 0 Å². The molecule has 1 saturated carbocycles. The zero-order valence-corrected chi connectivity index (χ0v) is 14.4. The van der Waals surface area contributed by atoms with E-state index >= 15 is 0 Å². The minimum absolute atomic E-state index is 0.203. The number of nitrogens with one attached hydrogen (secondary N) is 1. The maximum atomic E-state index is 12.5. The van der Waals surface area contributed by atoms with Gasteiger partial charge in [-0.3, -0.25) is 0 Å². The van der Waals surface area contributed by atoms with Gasteiger partial charge in [0.1, 0.15) is 4.75 Å². The van der Waals surface area contributed by atoms with Gasteiger partial charge in [-0.15, -0.1) is 4.72 Å². The van der Waals surface area contributed by atoms with E-state index in [1.54, 1.807) is 0 Å². The molecule has 0 bridgehead atoms. The monoisotopic (exact) mass is 307 g/mol. The summed E-state index contributed by atoms with van der Waals surface area (Å²) in [6, 6.07) is 10.7. The molecular weight excluding hydrogens is 278 g/mol. The van der Waals surface area contributed by atoms with Crippen molar-refractivity contribution in [1.82, 2.24) is 4.72 Å². The molecule has 1 aliphatic carbocycles. The van der Waals surface area contributed by atoms with Crippen molar-refractivity contribution in [2.24, 2.45) is 5.92 Å². The second-order valence-corrected chi connectivity index (χ2v) is 9.20. The maximum Gasteiger partial charge on any atom is 0.136 e. The summed E-state index contributed by atoms with van der Waals surface area (Å²) in [4.78, 5) is 0. The van der Waals surface area contributed by atoms with Crippen LogP contribution >= 0.6 is 0 Å². The van der Waals surface area contributed by atoms with E-state index in [-0.39, 0.29) is 10.8 Å². The molecule has 21 heavy (non-hydrogen) atoms. The Morgan fingerprint density at radius 1 is 1.14 bits per heavy atom. The van der Waals surface area contributed by atoms with Crippen LogP contribution < -0.4 is 4.72 Å². The Morgan fingerprint density at radius 3 is 2.33 bits per heavy atom. The standard InChI is InChI=1S/C18H29NOS/c1-18(2,3)21(20)19-17(16-12-8-5-9-13-16)14-15-10-6-4-7-11-15/h5,8-9,12-13,15,17,19H,4,6-7,10-11,14H2,1-3H3/t17-,21-/m1/s1. The zero-order chi connectivity index (χ0) is 15.3. The Morgan fingerprint density at radius 2 is 1.76 bits per heavy atom. The van der Waals surface area contributed by atoms with Gasteiger partial charge in [0.25, 0.3) is 0 Å². The highest BCUT2D eigenvalue weighted by atomic mass is 32.2. The van der Waals surface area contributed by atoms with E-state index < -0.39 is 11.4 Å². The van der Waals surface area contributed by atoms with Gasteiger partial charge >= 0.3 is 0 Å². The van der Waals surface area contributed by atoms with E-state index in [2.05, 4.69) is 29.0 Å². The third-order valence-electron chi connectivity index (χ3n) is 4.30. The first-order chi connectivity index (χ1) is 9.97. The lowest BCUT2D eigenvalue weighted by Gasteiger charge is -2.31. The second kappa shape index (κ2) is 7.66. The SMILES string of the molecule is CC(C)(C)[S@@+]([O-])N[C@H](CC1CCCCC1)c1ccccc1. The van der Waals surface area contributed by atoms with E-state index in [9.17, 15) is 4.55 Å². The first-order valence-corrected chi connectivity index (χ1v) is 9.35. The zero-order valence-electron chi connectivity index (χ0n) is 13.6. The molecule has 2 nitrogen and oxygen atoms in total. The summed E-state index contributed by atoms with van der Waals surface area (Å²) >= 11 is -1.02. The van der Waals surface area contributed by atoms with Crippen molar-refractivity contribution in [3.8, 4) is 0 Å². The van der Waals surface area contributed by atoms with Gasteiger partial charge in [0.2, 0.25) is 0 Å². The van der Waals surface area contributed by atoms with Gasteiger partial charge in [-0.05, 0) is 38.7 Å².